The van der Waals surface area contributed by atoms with Crippen LogP contribution in [0.3, 0.4) is 0 Å². The fraction of sp³-hybridized carbons (Fsp3) is 0.222. The van der Waals surface area contributed by atoms with E-state index in [1.54, 1.807) is 12.1 Å². The van der Waals surface area contributed by atoms with Gasteiger partial charge in [0.15, 0.2) is 11.0 Å². The Labute approximate surface area is 161 Å². The van der Waals surface area contributed by atoms with Crippen LogP contribution in [0.2, 0.25) is 0 Å². The number of aromatic nitrogens is 3. The molecule has 3 rings (SSSR count). The van der Waals surface area contributed by atoms with E-state index >= 15 is 0 Å². The zero-order valence-electron chi connectivity index (χ0n) is 14.5. The standard InChI is InChI=1S/C18H19FN4O2S2/c19-16-9-7-15(8-10-16)17-21-22-18(26-11-4-12-27(20,24)25)23(17)13-14-5-2-1-3-6-14/h1-3,5-10H,4,11-13H2,(H2,20,24,25). The number of halogens is 1. The second-order valence-electron chi connectivity index (χ2n) is 5.95. The highest BCUT2D eigenvalue weighted by Gasteiger charge is 2.15. The fourth-order valence-electron chi connectivity index (χ4n) is 2.54. The highest BCUT2D eigenvalue weighted by Crippen LogP contribution is 2.26. The van der Waals surface area contributed by atoms with Gasteiger partial charge in [0.25, 0.3) is 0 Å². The predicted molar refractivity (Wildman–Crippen MR) is 104 cm³/mol. The Bertz CT molecular complexity index is 990. The van der Waals surface area contributed by atoms with Crippen molar-refractivity contribution in [1.29, 1.82) is 0 Å². The van der Waals surface area contributed by atoms with Crippen molar-refractivity contribution >= 4 is 21.8 Å². The molecule has 1 heterocycles. The molecule has 6 nitrogen and oxygen atoms in total. The number of benzene rings is 2. The third kappa shape index (κ3) is 5.62. The average molecular weight is 407 g/mol. The molecule has 0 aliphatic heterocycles. The van der Waals surface area contributed by atoms with E-state index in [1.807, 2.05) is 34.9 Å². The molecular formula is C18H19FN4O2S2. The SMILES string of the molecule is NS(=O)(=O)CCCSc1nnc(-c2ccc(F)cc2)n1Cc1ccccc1. The first-order valence-electron chi connectivity index (χ1n) is 8.29. The maximum Gasteiger partial charge on any atom is 0.209 e. The van der Waals surface area contributed by atoms with Crippen LogP contribution in [0, 0.1) is 5.82 Å². The molecule has 0 bridgehead atoms. The van der Waals surface area contributed by atoms with Crippen LogP contribution in [0.25, 0.3) is 11.4 Å². The summed E-state index contributed by atoms with van der Waals surface area (Å²) >= 11 is 1.42. The molecular weight excluding hydrogens is 387 g/mol. The lowest BCUT2D eigenvalue weighted by molar-refractivity contribution is 0.596. The van der Waals surface area contributed by atoms with Gasteiger partial charge in [0.2, 0.25) is 10.0 Å². The van der Waals surface area contributed by atoms with Gasteiger partial charge in [-0.15, -0.1) is 10.2 Å². The first-order chi connectivity index (χ1) is 12.9. The third-order valence-electron chi connectivity index (χ3n) is 3.81. The number of primary sulfonamides is 1. The normalized spacial score (nSPS) is 11.6. The monoisotopic (exact) mass is 406 g/mol. The molecule has 0 unspecified atom stereocenters. The summed E-state index contributed by atoms with van der Waals surface area (Å²) in [6.45, 7) is 0.554. The minimum Gasteiger partial charge on any atom is -0.298 e. The van der Waals surface area contributed by atoms with Crippen molar-refractivity contribution in [2.24, 2.45) is 5.14 Å². The van der Waals surface area contributed by atoms with Crippen LogP contribution in [0.4, 0.5) is 4.39 Å². The van der Waals surface area contributed by atoms with E-state index in [4.69, 9.17) is 5.14 Å². The summed E-state index contributed by atoms with van der Waals surface area (Å²) in [5.74, 6) is 0.794. The molecule has 0 saturated heterocycles. The zero-order chi connectivity index (χ0) is 19.3. The summed E-state index contributed by atoms with van der Waals surface area (Å²) in [5, 5.41) is 14.2. The minimum atomic E-state index is -3.47. The average Bonchev–Trinajstić information content (AvgIpc) is 3.02. The molecule has 0 atom stereocenters. The third-order valence-corrected chi connectivity index (χ3v) is 5.72. The van der Waals surface area contributed by atoms with E-state index in [9.17, 15) is 12.8 Å². The van der Waals surface area contributed by atoms with Crippen LogP contribution < -0.4 is 5.14 Å². The Morgan fingerprint density at radius 3 is 2.41 bits per heavy atom. The van der Waals surface area contributed by atoms with Crippen molar-refractivity contribution in [3.8, 4) is 11.4 Å². The maximum atomic E-state index is 13.3. The van der Waals surface area contributed by atoms with Crippen LogP contribution >= 0.6 is 11.8 Å². The van der Waals surface area contributed by atoms with Crippen LogP contribution in [0.1, 0.15) is 12.0 Å². The van der Waals surface area contributed by atoms with Gasteiger partial charge in [-0.3, -0.25) is 4.57 Å². The molecule has 0 aliphatic rings. The van der Waals surface area contributed by atoms with E-state index in [0.717, 1.165) is 11.1 Å². The number of hydrogen-bond acceptors (Lipinski definition) is 5. The molecule has 1 aromatic heterocycles. The second kappa shape index (κ2) is 8.64. The zero-order valence-corrected chi connectivity index (χ0v) is 16.1. The fourth-order valence-corrected chi connectivity index (χ4v) is 4.15. The number of nitrogens with two attached hydrogens (primary N) is 1. The number of rotatable bonds is 8. The number of thioether (sulfide) groups is 1. The van der Waals surface area contributed by atoms with E-state index in [0.29, 0.717) is 29.7 Å². The molecule has 0 fully saturated rings. The van der Waals surface area contributed by atoms with Gasteiger partial charge < -0.3 is 0 Å². The number of sulfonamides is 1. The van der Waals surface area contributed by atoms with Gasteiger partial charge in [-0.25, -0.2) is 17.9 Å². The predicted octanol–water partition coefficient (Wildman–Crippen LogP) is 2.90. The molecule has 142 valence electrons. The summed E-state index contributed by atoms with van der Waals surface area (Å²) in [6.07, 6.45) is 0.424. The Morgan fingerprint density at radius 2 is 1.74 bits per heavy atom. The van der Waals surface area contributed by atoms with Crippen LogP contribution in [-0.2, 0) is 16.6 Å². The molecule has 0 aliphatic carbocycles. The topological polar surface area (TPSA) is 90.9 Å². The maximum absolute atomic E-state index is 13.3. The van der Waals surface area contributed by atoms with Crippen LogP contribution in [0.5, 0.6) is 0 Å². The highest BCUT2D eigenvalue weighted by atomic mass is 32.2. The van der Waals surface area contributed by atoms with E-state index in [2.05, 4.69) is 10.2 Å². The lowest BCUT2D eigenvalue weighted by atomic mass is 10.2. The lowest BCUT2D eigenvalue weighted by Gasteiger charge is -2.10. The van der Waals surface area contributed by atoms with Gasteiger partial charge in [-0.05, 0) is 36.2 Å². The second-order valence-corrected chi connectivity index (χ2v) is 8.75. The quantitative estimate of drug-likeness (QED) is 0.459. The molecule has 0 radical (unpaired) electrons. The van der Waals surface area contributed by atoms with E-state index in [1.165, 1.54) is 23.9 Å². The van der Waals surface area contributed by atoms with Crippen molar-refractivity contribution in [2.75, 3.05) is 11.5 Å². The smallest absolute Gasteiger partial charge is 0.209 e. The van der Waals surface area contributed by atoms with Crippen LogP contribution in [0.15, 0.2) is 59.8 Å². The van der Waals surface area contributed by atoms with Gasteiger partial charge in [0.1, 0.15) is 5.82 Å². The van der Waals surface area contributed by atoms with Gasteiger partial charge in [0.05, 0.1) is 12.3 Å². The molecule has 9 heteroatoms. The van der Waals surface area contributed by atoms with Gasteiger partial charge >= 0.3 is 0 Å². The highest BCUT2D eigenvalue weighted by molar-refractivity contribution is 7.99. The molecule has 3 aromatic rings. The van der Waals surface area contributed by atoms with Crippen molar-refractivity contribution in [1.82, 2.24) is 14.8 Å². The molecule has 2 N–H and O–H groups in total. The number of nitrogens with zero attached hydrogens (tertiary/aromatic N) is 3. The minimum absolute atomic E-state index is 0.0718. The largest absolute Gasteiger partial charge is 0.298 e. The summed E-state index contributed by atoms with van der Waals surface area (Å²) in [4.78, 5) is 0. The van der Waals surface area contributed by atoms with Gasteiger partial charge in [-0.2, -0.15) is 0 Å². The van der Waals surface area contributed by atoms with E-state index in [-0.39, 0.29) is 11.6 Å². The van der Waals surface area contributed by atoms with Crippen molar-refractivity contribution in [3.05, 3.63) is 66.0 Å². The van der Waals surface area contributed by atoms with Crippen LogP contribution in [-0.4, -0.2) is 34.7 Å². The Hall–Kier alpha value is -2.23. The molecule has 2 aromatic carbocycles. The first kappa shape index (κ1) is 19.5. The molecule has 0 amide bonds. The van der Waals surface area contributed by atoms with Crippen molar-refractivity contribution in [2.45, 2.75) is 18.1 Å². The molecule has 0 spiro atoms. The summed E-state index contributed by atoms with van der Waals surface area (Å²) in [6, 6.07) is 16.0. The molecule has 27 heavy (non-hydrogen) atoms. The number of hydrogen-bond donors (Lipinski definition) is 1. The Balaban J connectivity index is 1.85. The van der Waals surface area contributed by atoms with Gasteiger partial charge in [-0.1, -0.05) is 42.1 Å². The van der Waals surface area contributed by atoms with Crippen molar-refractivity contribution in [3.63, 3.8) is 0 Å². The summed E-state index contributed by atoms with van der Waals surface area (Å²) in [7, 11) is -3.47. The van der Waals surface area contributed by atoms with Gasteiger partial charge in [0, 0.05) is 11.3 Å². The molecule has 0 saturated carbocycles. The van der Waals surface area contributed by atoms with E-state index < -0.39 is 10.0 Å². The van der Waals surface area contributed by atoms with Crippen molar-refractivity contribution < 1.29 is 12.8 Å². The Morgan fingerprint density at radius 1 is 1.04 bits per heavy atom. The first-order valence-corrected chi connectivity index (χ1v) is 11.0. The summed E-state index contributed by atoms with van der Waals surface area (Å²) < 4.78 is 37.3. The Kier molecular flexibility index (Phi) is 6.25. The summed E-state index contributed by atoms with van der Waals surface area (Å²) in [5.41, 5.74) is 1.84. The lowest BCUT2D eigenvalue weighted by Crippen LogP contribution is -2.16.